The Morgan fingerprint density at radius 1 is 1.05 bits per heavy atom. The van der Waals surface area contributed by atoms with Gasteiger partial charge >= 0.3 is 6.09 Å². The van der Waals surface area contributed by atoms with Crippen LogP contribution >= 0.6 is 0 Å². The molecule has 0 bridgehead atoms. The molecule has 2 aromatic carbocycles. The van der Waals surface area contributed by atoms with Crippen LogP contribution in [-0.2, 0) is 0 Å². The fourth-order valence-corrected chi connectivity index (χ4v) is 1.74. The number of carbonyl (C=O) groups excluding carboxylic acids is 1. The lowest BCUT2D eigenvalue weighted by molar-refractivity contribution is 0.207. The molecular weight excluding hydrogens is 252 g/mol. The van der Waals surface area contributed by atoms with Crippen molar-refractivity contribution in [3.8, 4) is 11.8 Å². The summed E-state index contributed by atoms with van der Waals surface area (Å²) < 4.78 is 5.31. The largest absolute Gasteiger partial charge is 0.419 e. The van der Waals surface area contributed by atoms with Crippen LogP contribution in [0.25, 0.3) is 0 Å². The topological polar surface area (TPSA) is 53.3 Å². The highest BCUT2D eigenvalue weighted by Gasteiger charge is 2.17. The minimum absolute atomic E-state index is 0.249. The normalized spacial score (nSPS) is 9.55. The molecule has 4 heteroatoms. The van der Waals surface area contributed by atoms with E-state index in [0.29, 0.717) is 18.0 Å². The Balaban J connectivity index is 2.14. The number of benzene rings is 2. The molecule has 1 amide bonds. The molecule has 0 radical (unpaired) electrons. The van der Waals surface area contributed by atoms with Crippen molar-refractivity contribution < 1.29 is 9.53 Å². The van der Waals surface area contributed by atoms with Crippen LogP contribution < -0.4 is 9.64 Å². The van der Waals surface area contributed by atoms with Gasteiger partial charge in [-0.2, -0.15) is 5.26 Å². The van der Waals surface area contributed by atoms with Gasteiger partial charge < -0.3 is 4.74 Å². The summed E-state index contributed by atoms with van der Waals surface area (Å²) in [5, 5.41) is 8.70. The predicted octanol–water partition coefficient (Wildman–Crippen LogP) is 3.61. The highest BCUT2D eigenvalue weighted by atomic mass is 16.6. The molecule has 0 aliphatic carbocycles. The maximum atomic E-state index is 12.2. The molecule has 2 rings (SSSR count). The molecule has 100 valence electrons. The predicted molar refractivity (Wildman–Crippen MR) is 76.5 cm³/mol. The summed E-state index contributed by atoms with van der Waals surface area (Å²) in [6, 6.07) is 20.1. The number of anilines is 1. The Morgan fingerprint density at radius 2 is 1.65 bits per heavy atom. The van der Waals surface area contributed by atoms with Crippen LogP contribution in [0, 0.1) is 11.3 Å². The molecule has 2 aromatic rings. The number of carbonyl (C=O) groups is 1. The first kappa shape index (κ1) is 13.6. The summed E-state index contributed by atoms with van der Waals surface area (Å²) in [6.07, 6.45) is -0.239. The molecule has 0 unspecified atom stereocenters. The van der Waals surface area contributed by atoms with Crippen molar-refractivity contribution in [3.63, 3.8) is 0 Å². The lowest BCUT2D eigenvalue weighted by Crippen LogP contribution is -2.34. The minimum Gasteiger partial charge on any atom is -0.410 e. The van der Waals surface area contributed by atoms with Crippen molar-refractivity contribution in [2.75, 3.05) is 11.4 Å². The zero-order valence-electron chi connectivity index (χ0n) is 10.9. The highest BCUT2D eigenvalue weighted by Crippen LogP contribution is 2.17. The molecule has 0 spiro atoms. The maximum absolute atomic E-state index is 12.2. The Hall–Kier alpha value is -2.80. The van der Waals surface area contributed by atoms with Gasteiger partial charge in [-0.25, -0.2) is 4.79 Å². The van der Waals surface area contributed by atoms with Gasteiger partial charge in [-0.3, -0.25) is 4.90 Å². The van der Waals surface area contributed by atoms with E-state index in [2.05, 4.69) is 0 Å². The number of para-hydroxylation sites is 2. The van der Waals surface area contributed by atoms with E-state index in [4.69, 9.17) is 10.00 Å². The third-order valence-corrected chi connectivity index (χ3v) is 2.68. The van der Waals surface area contributed by atoms with Crippen LogP contribution in [0.4, 0.5) is 10.5 Å². The SMILES string of the molecule is N#CCCN(C(=O)Oc1ccccc1)c1ccccc1. The van der Waals surface area contributed by atoms with Crippen LogP contribution in [-0.4, -0.2) is 12.6 Å². The van der Waals surface area contributed by atoms with Gasteiger partial charge in [-0.15, -0.1) is 0 Å². The van der Waals surface area contributed by atoms with Crippen molar-refractivity contribution in [2.45, 2.75) is 6.42 Å². The average Bonchev–Trinajstić information content (AvgIpc) is 2.50. The van der Waals surface area contributed by atoms with Crippen molar-refractivity contribution >= 4 is 11.8 Å². The smallest absolute Gasteiger partial charge is 0.410 e. The number of rotatable bonds is 4. The van der Waals surface area contributed by atoms with Gasteiger partial charge in [0.1, 0.15) is 5.75 Å². The van der Waals surface area contributed by atoms with Crippen molar-refractivity contribution in [2.24, 2.45) is 0 Å². The summed E-state index contributed by atoms with van der Waals surface area (Å²) >= 11 is 0. The second-order valence-electron chi connectivity index (χ2n) is 4.08. The van der Waals surface area contributed by atoms with Gasteiger partial charge in [0.2, 0.25) is 0 Å². The van der Waals surface area contributed by atoms with Gasteiger partial charge in [0.05, 0.1) is 12.5 Å². The third-order valence-electron chi connectivity index (χ3n) is 2.68. The molecule has 0 saturated heterocycles. The molecule has 0 aliphatic rings. The van der Waals surface area contributed by atoms with Crippen LogP contribution in [0.5, 0.6) is 5.75 Å². The Kier molecular flexibility index (Phi) is 4.74. The molecule has 4 nitrogen and oxygen atoms in total. The summed E-state index contributed by atoms with van der Waals surface area (Å²) in [5.74, 6) is 0.482. The molecule has 0 aromatic heterocycles. The van der Waals surface area contributed by atoms with Crippen LogP contribution in [0.15, 0.2) is 60.7 Å². The number of nitriles is 1. The molecule has 0 fully saturated rings. The van der Waals surface area contributed by atoms with Gasteiger partial charge in [-0.05, 0) is 24.3 Å². The Labute approximate surface area is 117 Å². The van der Waals surface area contributed by atoms with E-state index in [0.717, 1.165) is 0 Å². The van der Waals surface area contributed by atoms with E-state index < -0.39 is 6.09 Å². The number of hydrogen-bond donors (Lipinski definition) is 0. The van der Waals surface area contributed by atoms with E-state index in [1.54, 1.807) is 24.3 Å². The monoisotopic (exact) mass is 266 g/mol. The van der Waals surface area contributed by atoms with E-state index >= 15 is 0 Å². The van der Waals surface area contributed by atoms with Gasteiger partial charge in [0.15, 0.2) is 0 Å². The highest BCUT2D eigenvalue weighted by molar-refractivity contribution is 5.89. The summed E-state index contributed by atoms with van der Waals surface area (Å²) in [6.45, 7) is 0.298. The second kappa shape index (κ2) is 6.95. The molecule has 20 heavy (non-hydrogen) atoms. The van der Waals surface area contributed by atoms with Gasteiger partial charge in [-0.1, -0.05) is 36.4 Å². The third kappa shape index (κ3) is 3.59. The first-order valence-electron chi connectivity index (χ1n) is 6.27. The first-order chi connectivity index (χ1) is 9.81. The number of ether oxygens (including phenoxy) is 1. The van der Waals surface area contributed by atoms with E-state index in [1.165, 1.54) is 4.90 Å². The average molecular weight is 266 g/mol. The number of nitrogens with zero attached hydrogens (tertiary/aromatic N) is 2. The van der Waals surface area contributed by atoms with Crippen LogP contribution in [0.1, 0.15) is 6.42 Å². The van der Waals surface area contributed by atoms with E-state index in [9.17, 15) is 4.79 Å². The Bertz CT molecular complexity index is 591. The van der Waals surface area contributed by atoms with Crippen molar-refractivity contribution in [1.82, 2.24) is 0 Å². The molecule has 0 atom stereocenters. The fourth-order valence-electron chi connectivity index (χ4n) is 1.74. The molecule has 0 aliphatic heterocycles. The fraction of sp³-hybridized carbons (Fsp3) is 0.125. The molecule has 0 saturated carbocycles. The minimum atomic E-state index is -0.488. The van der Waals surface area contributed by atoms with Crippen LogP contribution in [0.2, 0.25) is 0 Å². The first-order valence-corrected chi connectivity index (χ1v) is 6.27. The lowest BCUT2D eigenvalue weighted by Gasteiger charge is -2.20. The second-order valence-corrected chi connectivity index (χ2v) is 4.08. The lowest BCUT2D eigenvalue weighted by atomic mass is 10.3. The summed E-state index contributed by atoms with van der Waals surface area (Å²) in [7, 11) is 0. The maximum Gasteiger partial charge on any atom is 0.419 e. The zero-order chi connectivity index (χ0) is 14.2. The Morgan fingerprint density at radius 3 is 2.25 bits per heavy atom. The summed E-state index contributed by atoms with van der Waals surface area (Å²) in [4.78, 5) is 13.7. The van der Waals surface area contributed by atoms with Gasteiger partial charge in [0.25, 0.3) is 0 Å². The standard InChI is InChI=1S/C16H14N2O2/c17-12-7-13-18(14-8-3-1-4-9-14)16(19)20-15-10-5-2-6-11-15/h1-6,8-11H,7,13H2. The molecule has 0 N–H and O–H groups in total. The van der Waals surface area contributed by atoms with Crippen molar-refractivity contribution in [1.29, 1.82) is 5.26 Å². The van der Waals surface area contributed by atoms with Gasteiger partial charge in [0, 0.05) is 12.2 Å². The molecule has 0 heterocycles. The molecular formula is C16H14N2O2. The van der Waals surface area contributed by atoms with E-state index in [-0.39, 0.29) is 6.42 Å². The number of hydrogen-bond acceptors (Lipinski definition) is 3. The quantitative estimate of drug-likeness (QED) is 0.849. The summed E-state index contributed by atoms with van der Waals surface area (Å²) in [5.41, 5.74) is 0.712. The van der Waals surface area contributed by atoms with Crippen molar-refractivity contribution in [3.05, 3.63) is 60.7 Å². The van der Waals surface area contributed by atoms with E-state index in [1.807, 2.05) is 42.5 Å². The number of amides is 1. The zero-order valence-corrected chi connectivity index (χ0v) is 10.9. The van der Waals surface area contributed by atoms with Crippen LogP contribution in [0.3, 0.4) is 0 Å².